The van der Waals surface area contributed by atoms with Gasteiger partial charge >= 0.3 is 0 Å². The number of carbonyl (C=O) groups excluding carboxylic acids is 1. The van der Waals surface area contributed by atoms with Gasteiger partial charge in [-0.1, -0.05) is 30.8 Å². The maximum Gasteiger partial charge on any atom is 0.234 e. The Morgan fingerprint density at radius 3 is 2.41 bits per heavy atom. The van der Waals surface area contributed by atoms with Crippen molar-refractivity contribution in [1.29, 1.82) is 0 Å². The number of hydrogen-bond donors (Lipinski definition) is 1. The number of anilines is 1. The summed E-state index contributed by atoms with van der Waals surface area (Å²) < 4.78 is 12.7. The summed E-state index contributed by atoms with van der Waals surface area (Å²) in [6.45, 7) is 2.43. The lowest BCUT2D eigenvalue weighted by atomic mass is 10.2. The minimum atomic E-state index is -0.114. The summed E-state index contributed by atoms with van der Waals surface area (Å²) in [7, 11) is 3.47. The number of methoxy groups -OCH3 is 1. The molecule has 0 aliphatic carbocycles. The molecule has 29 heavy (non-hydrogen) atoms. The summed E-state index contributed by atoms with van der Waals surface area (Å²) in [6, 6.07) is 15.2. The van der Waals surface area contributed by atoms with Crippen molar-refractivity contribution >= 4 is 23.4 Å². The van der Waals surface area contributed by atoms with Crippen molar-refractivity contribution in [2.24, 2.45) is 7.05 Å². The largest absolute Gasteiger partial charge is 0.497 e. The van der Waals surface area contributed by atoms with Crippen molar-refractivity contribution in [3.63, 3.8) is 0 Å². The molecule has 1 heterocycles. The zero-order chi connectivity index (χ0) is 20.6. The predicted octanol–water partition coefficient (Wildman–Crippen LogP) is 3.70. The van der Waals surface area contributed by atoms with E-state index in [2.05, 4.69) is 34.6 Å². The van der Waals surface area contributed by atoms with E-state index in [-0.39, 0.29) is 11.7 Å². The number of ether oxygens (including phenoxy) is 2. The van der Waals surface area contributed by atoms with Gasteiger partial charge in [0.1, 0.15) is 18.1 Å². The molecule has 0 saturated heterocycles. The highest BCUT2D eigenvalue weighted by Crippen LogP contribution is 2.19. The van der Waals surface area contributed by atoms with Crippen LogP contribution in [0.15, 0.2) is 53.7 Å². The third-order valence-corrected chi connectivity index (χ3v) is 5.35. The van der Waals surface area contributed by atoms with Crippen LogP contribution >= 0.6 is 11.8 Å². The molecule has 3 rings (SSSR count). The van der Waals surface area contributed by atoms with Crippen LogP contribution in [0.5, 0.6) is 11.5 Å². The van der Waals surface area contributed by atoms with Crippen LogP contribution in [0.2, 0.25) is 0 Å². The van der Waals surface area contributed by atoms with Crippen molar-refractivity contribution in [2.45, 2.75) is 25.1 Å². The Kier molecular flexibility index (Phi) is 7.13. The van der Waals surface area contributed by atoms with Gasteiger partial charge in [0.2, 0.25) is 5.91 Å². The Hall–Kier alpha value is -3.00. The fraction of sp³-hybridized carbons (Fsp3) is 0.286. The average Bonchev–Trinajstić information content (AvgIpc) is 3.11. The highest BCUT2D eigenvalue weighted by Gasteiger charge is 2.12. The van der Waals surface area contributed by atoms with Gasteiger partial charge in [-0.15, -0.1) is 10.2 Å². The van der Waals surface area contributed by atoms with Crippen LogP contribution in [0.4, 0.5) is 5.69 Å². The van der Waals surface area contributed by atoms with Gasteiger partial charge in [0.15, 0.2) is 11.0 Å². The molecule has 1 aromatic heterocycles. The Morgan fingerprint density at radius 2 is 1.76 bits per heavy atom. The fourth-order valence-corrected chi connectivity index (χ4v) is 3.30. The van der Waals surface area contributed by atoms with E-state index in [0.29, 0.717) is 17.6 Å². The van der Waals surface area contributed by atoms with Gasteiger partial charge in [0.25, 0.3) is 0 Å². The van der Waals surface area contributed by atoms with Crippen molar-refractivity contribution < 1.29 is 14.3 Å². The first kappa shape index (κ1) is 20.7. The Labute approximate surface area is 174 Å². The molecule has 7 nitrogen and oxygen atoms in total. The first-order valence-electron chi connectivity index (χ1n) is 9.25. The molecule has 0 aliphatic heterocycles. The molecule has 0 atom stereocenters. The van der Waals surface area contributed by atoms with E-state index < -0.39 is 0 Å². The lowest BCUT2D eigenvalue weighted by molar-refractivity contribution is -0.113. The lowest BCUT2D eigenvalue weighted by Gasteiger charge is -2.08. The quantitative estimate of drug-likeness (QED) is 0.540. The first-order valence-corrected chi connectivity index (χ1v) is 10.2. The minimum Gasteiger partial charge on any atom is -0.497 e. The molecule has 0 radical (unpaired) electrons. The number of amides is 1. The summed E-state index contributed by atoms with van der Waals surface area (Å²) in [4.78, 5) is 12.2. The molecule has 0 fully saturated rings. The SMILES string of the molecule is CCc1ccc(OCc2nnc(SCC(=O)Nc3ccc(OC)cc3)n2C)cc1. The molecule has 3 aromatic rings. The van der Waals surface area contributed by atoms with Gasteiger partial charge in [-0.05, 0) is 48.4 Å². The average molecular weight is 413 g/mol. The summed E-state index contributed by atoms with van der Waals surface area (Å²) in [5, 5.41) is 11.8. The van der Waals surface area contributed by atoms with E-state index in [1.165, 1.54) is 17.3 Å². The number of rotatable bonds is 9. The summed E-state index contributed by atoms with van der Waals surface area (Å²) >= 11 is 1.33. The van der Waals surface area contributed by atoms with Gasteiger partial charge in [0, 0.05) is 12.7 Å². The molecule has 0 aliphatic rings. The number of nitrogens with one attached hydrogen (secondary N) is 1. The number of aryl methyl sites for hydroxylation is 1. The molecule has 0 saturated carbocycles. The monoisotopic (exact) mass is 412 g/mol. The molecule has 0 unspecified atom stereocenters. The Bertz CT molecular complexity index is 940. The number of hydrogen-bond acceptors (Lipinski definition) is 6. The van der Waals surface area contributed by atoms with Gasteiger partial charge in [-0.2, -0.15) is 0 Å². The van der Waals surface area contributed by atoms with E-state index in [9.17, 15) is 4.79 Å². The Balaban J connectivity index is 1.49. The van der Waals surface area contributed by atoms with Crippen LogP contribution in [0.1, 0.15) is 18.3 Å². The number of thioether (sulfide) groups is 1. The van der Waals surface area contributed by atoms with Gasteiger partial charge in [-0.25, -0.2) is 0 Å². The van der Waals surface area contributed by atoms with Crippen LogP contribution in [0.3, 0.4) is 0 Å². The van der Waals surface area contributed by atoms with Gasteiger partial charge < -0.3 is 19.4 Å². The maximum atomic E-state index is 12.2. The van der Waals surface area contributed by atoms with E-state index in [1.807, 2.05) is 23.7 Å². The van der Waals surface area contributed by atoms with E-state index >= 15 is 0 Å². The number of aromatic nitrogens is 3. The molecule has 152 valence electrons. The molecule has 2 aromatic carbocycles. The van der Waals surface area contributed by atoms with Gasteiger partial charge in [0.05, 0.1) is 12.9 Å². The van der Waals surface area contributed by atoms with Gasteiger partial charge in [-0.3, -0.25) is 4.79 Å². The second kappa shape index (κ2) is 9.97. The molecule has 8 heteroatoms. The third-order valence-electron chi connectivity index (χ3n) is 4.33. The maximum absolute atomic E-state index is 12.2. The van der Waals surface area contributed by atoms with Crippen LogP contribution < -0.4 is 14.8 Å². The molecule has 0 spiro atoms. The zero-order valence-electron chi connectivity index (χ0n) is 16.7. The van der Waals surface area contributed by atoms with Crippen molar-refractivity contribution in [3.05, 3.63) is 59.9 Å². The van der Waals surface area contributed by atoms with E-state index in [1.54, 1.807) is 31.4 Å². The molecule has 0 bridgehead atoms. The second-order valence-electron chi connectivity index (χ2n) is 6.31. The van der Waals surface area contributed by atoms with Crippen LogP contribution in [-0.4, -0.2) is 33.5 Å². The summed E-state index contributed by atoms with van der Waals surface area (Å²) in [6.07, 6.45) is 0.996. The molecular weight excluding hydrogens is 388 g/mol. The smallest absolute Gasteiger partial charge is 0.234 e. The van der Waals surface area contributed by atoms with E-state index in [4.69, 9.17) is 9.47 Å². The van der Waals surface area contributed by atoms with E-state index in [0.717, 1.165) is 23.6 Å². The molecule has 1 N–H and O–H groups in total. The zero-order valence-corrected chi connectivity index (χ0v) is 17.5. The number of carbonyl (C=O) groups is 1. The second-order valence-corrected chi connectivity index (χ2v) is 7.25. The number of nitrogens with zero attached hydrogens (tertiary/aromatic N) is 3. The normalized spacial score (nSPS) is 10.6. The van der Waals surface area contributed by atoms with Crippen LogP contribution in [-0.2, 0) is 24.9 Å². The summed E-state index contributed by atoms with van der Waals surface area (Å²) in [5.41, 5.74) is 1.99. The predicted molar refractivity (Wildman–Crippen MR) is 114 cm³/mol. The minimum absolute atomic E-state index is 0.114. The topological polar surface area (TPSA) is 78.3 Å². The Morgan fingerprint density at radius 1 is 1.07 bits per heavy atom. The van der Waals surface area contributed by atoms with Crippen molar-refractivity contribution in [1.82, 2.24) is 14.8 Å². The number of benzene rings is 2. The molecule has 1 amide bonds. The summed E-state index contributed by atoms with van der Waals surface area (Å²) in [5.74, 6) is 2.35. The highest BCUT2D eigenvalue weighted by molar-refractivity contribution is 7.99. The highest BCUT2D eigenvalue weighted by atomic mass is 32.2. The first-order chi connectivity index (χ1) is 14.1. The standard InChI is InChI=1S/C21H24N4O3S/c1-4-15-5-9-18(10-6-15)28-13-19-23-24-21(25(19)2)29-14-20(26)22-16-7-11-17(27-3)12-8-16/h5-12H,4,13-14H2,1-3H3,(H,22,26). The third kappa shape index (κ3) is 5.74. The van der Waals surface area contributed by atoms with Crippen LogP contribution in [0, 0.1) is 0 Å². The van der Waals surface area contributed by atoms with Crippen molar-refractivity contribution in [3.8, 4) is 11.5 Å². The van der Waals surface area contributed by atoms with Crippen LogP contribution in [0.25, 0.3) is 0 Å². The molecular formula is C21H24N4O3S. The lowest BCUT2D eigenvalue weighted by Crippen LogP contribution is -2.14. The fourth-order valence-electron chi connectivity index (χ4n) is 2.57. The van der Waals surface area contributed by atoms with Crippen molar-refractivity contribution in [2.75, 3.05) is 18.2 Å².